The number of nitrogens with one attached hydrogen (secondary N) is 1. The molecule has 1 fully saturated rings. The average molecular weight is 396 g/mol. The normalized spacial score (nSPS) is 18.8. The summed E-state index contributed by atoms with van der Waals surface area (Å²) in [5, 5.41) is 3.03. The van der Waals surface area contributed by atoms with Gasteiger partial charge in [0, 0.05) is 25.2 Å². The van der Waals surface area contributed by atoms with Crippen molar-refractivity contribution in [3.8, 4) is 11.5 Å². The molecule has 6 nitrogen and oxygen atoms in total. The molecule has 1 unspecified atom stereocenters. The molecular weight excluding hydrogens is 368 g/mol. The van der Waals surface area contributed by atoms with Gasteiger partial charge in [-0.25, -0.2) is 0 Å². The summed E-state index contributed by atoms with van der Waals surface area (Å²) in [6.45, 7) is 3.40. The van der Waals surface area contributed by atoms with Crippen LogP contribution in [0.2, 0.25) is 0 Å². The molecule has 1 saturated heterocycles. The second-order valence-electron chi connectivity index (χ2n) is 7.66. The third kappa shape index (κ3) is 4.88. The summed E-state index contributed by atoms with van der Waals surface area (Å²) >= 11 is 0. The van der Waals surface area contributed by atoms with E-state index in [1.165, 1.54) is 0 Å². The van der Waals surface area contributed by atoms with Crippen molar-refractivity contribution < 1.29 is 19.1 Å². The molecule has 2 amide bonds. The van der Waals surface area contributed by atoms with E-state index in [2.05, 4.69) is 5.32 Å². The molecular formula is C23H28N2O4. The molecule has 1 heterocycles. The minimum Gasteiger partial charge on any atom is -0.497 e. The molecule has 0 spiro atoms. The molecule has 0 saturated carbocycles. The molecule has 1 aliphatic rings. The maximum atomic E-state index is 13.0. The second-order valence-corrected chi connectivity index (χ2v) is 7.66. The van der Waals surface area contributed by atoms with Crippen molar-refractivity contribution >= 4 is 11.8 Å². The molecule has 1 atom stereocenters. The van der Waals surface area contributed by atoms with Gasteiger partial charge in [-0.2, -0.15) is 0 Å². The van der Waals surface area contributed by atoms with E-state index in [-0.39, 0.29) is 11.8 Å². The fourth-order valence-corrected chi connectivity index (χ4v) is 3.71. The fraction of sp³-hybridized carbons (Fsp3) is 0.391. The molecule has 1 N–H and O–H groups in total. The molecule has 0 bridgehead atoms. The van der Waals surface area contributed by atoms with Crippen molar-refractivity contribution in [1.82, 2.24) is 10.2 Å². The highest BCUT2D eigenvalue weighted by molar-refractivity contribution is 5.95. The van der Waals surface area contributed by atoms with Gasteiger partial charge in [0.05, 0.1) is 19.6 Å². The summed E-state index contributed by atoms with van der Waals surface area (Å²) in [4.78, 5) is 27.7. The Labute approximate surface area is 171 Å². The highest BCUT2D eigenvalue weighted by atomic mass is 16.5. The second kappa shape index (κ2) is 8.99. The molecule has 1 aliphatic heterocycles. The van der Waals surface area contributed by atoms with E-state index < -0.39 is 5.41 Å². The van der Waals surface area contributed by atoms with Gasteiger partial charge in [0.2, 0.25) is 5.91 Å². The zero-order valence-electron chi connectivity index (χ0n) is 17.2. The third-order valence-corrected chi connectivity index (χ3v) is 5.44. The van der Waals surface area contributed by atoms with Crippen LogP contribution in [0.4, 0.5) is 0 Å². The zero-order chi connectivity index (χ0) is 20.9. The first-order valence-corrected chi connectivity index (χ1v) is 9.80. The topological polar surface area (TPSA) is 67.9 Å². The van der Waals surface area contributed by atoms with Gasteiger partial charge in [-0.05, 0) is 55.7 Å². The minimum absolute atomic E-state index is 0.0385. The number of rotatable bonds is 6. The first kappa shape index (κ1) is 20.7. The highest BCUT2D eigenvalue weighted by Crippen LogP contribution is 2.31. The Bertz CT molecular complexity index is 883. The van der Waals surface area contributed by atoms with Crippen molar-refractivity contribution in [1.29, 1.82) is 0 Å². The molecule has 3 rings (SSSR count). The zero-order valence-corrected chi connectivity index (χ0v) is 17.2. The molecule has 29 heavy (non-hydrogen) atoms. The van der Waals surface area contributed by atoms with Crippen LogP contribution in [0.5, 0.6) is 11.5 Å². The van der Waals surface area contributed by atoms with E-state index in [1.807, 2.05) is 37.3 Å². The van der Waals surface area contributed by atoms with Gasteiger partial charge >= 0.3 is 0 Å². The maximum Gasteiger partial charge on any atom is 0.254 e. The molecule has 0 radical (unpaired) electrons. The third-order valence-electron chi connectivity index (χ3n) is 5.44. The van der Waals surface area contributed by atoms with Gasteiger partial charge in [-0.3, -0.25) is 9.59 Å². The van der Waals surface area contributed by atoms with E-state index in [0.717, 1.165) is 24.2 Å². The number of nitrogens with zero attached hydrogens (tertiary/aromatic N) is 1. The largest absolute Gasteiger partial charge is 0.497 e. The van der Waals surface area contributed by atoms with Crippen molar-refractivity contribution in [2.24, 2.45) is 5.41 Å². The van der Waals surface area contributed by atoms with Crippen LogP contribution in [0.25, 0.3) is 0 Å². The number of hydrogen-bond acceptors (Lipinski definition) is 4. The smallest absolute Gasteiger partial charge is 0.254 e. The average Bonchev–Trinajstić information content (AvgIpc) is 2.77. The summed E-state index contributed by atoms with van der Waals surface area (Å²) in [6.07, 6.45) is 1.54. The molecule has 0 aliphatic carbocycles. The number of methoxy groups -OCH3 is 2. The van der Waals surface area contributed by atoms with Crippen LogP contribution in [-0.4, -0.2) is 44.0 Å². The standard InChI is InChI=1S/C23H28N2O4/c1-23(22(27)24-15-17-7-4-9-19(13-17)28-2)11-6-12-25(16-23)21(26)18-8-5-10-20(14-18)29-3/h4-5,7-10,13-14H,6,11-12,15-16H2,1-3H3,(H,24,27). The Morgan fingerprint density at radius 2 is 1.76 bits per heavy atom. The summed E-state index contributed by atoms with van der Waals surface area (Å²) < 4.78 is 10.4. The number of carbonyl (C=O) groups excluding carboxylic acids is 2. The SMILES string of the molecule is COc1cccc(CNC(=O)C2(C)CCCN(C(=O)c3cccc(OC)c3)C2)c1. The lowest BCUT2D eigenvalue weighted by molar-refractivity contribution is -0.132. The van der Waals surface area contributed by atoms with Crippen LogP contribution in [0, 0.1) is 5.41 Å². The lowest BCUT2D eigenvalue weighted by Gasteiger charge is -2.39. The maximum absolute atomic E-state index is 13.0. The summed E-state index contributed by atoms with van der Waals surface area (Å²) in [7, 11) is 3.20. The predicted octanol–water partition coefficient (Wildman–Crippen LogP) is 3.26. The van der Waals surface area contributed by atoms with Gasteiger partial charge in [0.15, 0.2) is 0 Å². The van der Waals surface area contributed by atoms with Crippen molar-refractivity contribution in [2.75, 3.05) is 27.3 Å². The molecule has 2 aromatic carbocycles. The van der Waals surface area contributed by atoms with E-state index in [9.17, 15) is 9.59 Å². The van der Waals surface area contributed by atoms with Crippen LogP contribution in [0.15, 0.2) is 48.5 Å². The summed E-state index contributed by atoms with van der Waals surface area (Å²) in [5.41, 5.74) is 0.929. The Morgan fingerprint density at radius 1 is 1.07 bits per heavy atom. The molecule has 154 valence electrons. The quantitative estimate of drug-likeness (QED) is 0.814. The number of ether oxygens (including phenoxy) is 2. The highest BCUT2D eigenvalue weighted by Gasteiger charge is 2.39. The minimum atomic E-state index is -0.619. The van der Waals surface area contributed by atoms with Gasteiger partial charge in [-0.1, -0.05) is 18.2 Å². The number of likely N-dealkylation sites (tertiary alicyclic amines) is 1. The first-order chi connectivity index (χ1) is 13.9. The van der Waals surface area contributed by atoms with Gasteiger partial charge < -0.3 is 19.7 Å². The summed E-state index contributed by atoms with van der Waals surface area (Å²) in [5.74, 6) is 1.29. The Hall–Kier alpha value is -3.02. The van der Waals surface area contributed by atoms with E-state index in [1.54, 1.807) is 37.3 Å². The van der Waals surface area contributed by atoms with E-state index in [0.29, 0.717) is 30.9 Å². The Balaban J connectivity index is 1.65. The molecule has 6 heteroatoms. The number of carbonyl (C=O) groups is 2. The Kier molecular flexibility index (Phi) is 6.42. The predicted molar refractivity (Wildman–Crippen MR) is 111 cm³/mol. The van der Waals surface area contributed by atoms with Crippen molar-refractivity contribution in [2.45, 2.75) is 26.3 Å². The van der Waals surface area contributed by atoms with Crippen molar-refractivity contribution in [3.63, 3.8) is 0 Å². The van der Waals surface area contributed by atoms with Gasteiger partial charge in [-0.15, -0.1) is 0 Å². The van der Waals surface area contributed by atoms with E-state index in [4.69, 9.17) is 9.47 Å². The monoisotopic (exact) mass is 396 g/mol. The lowest BCUT2D eigenvalue weighted by atomic mass is 9.80. The van der Waals surface area contributed by atoms with Crippen LogP contribution < -0.4 is 14.8 Å². The van der Waals surface area contributed by atoms with Crippen LogP contribution >= 0.6 is 0 Å². The molecule has 2 aromatic rings. The van der Waals surface area contributed by atoms with Crippen molar-refractivity contribution in [3.05, 3.63) is 59.7 Å². The number of benzene rings is 2. The summed E-state index contributed by atoms with van der Waals surface area (Å²) in [6, 6.07) is 14.7. The van der Waals surface area contributed by atoms with Crippen LogP contribution in [0.1, 0.15) is 35.7 Å². The number of amides is 2. The van der Waals surface area contributed by atoms with E-state index >= 15 is 0 Å². The lowest BCUT2D eigenvalue weighted by Crippen LogP contribution is -2.51. The van der Waals surface area contributed by atoms with Gasteiger partial charge in [0.1, 0.15) is 11.5 Å². The van der Waals surface area contributed by atoms with Gasteiger partial charge in [0.25, 0.3) is 5.91 Å². The number of piperidine rings is 1. The first-order valence-electron chi connectivity index (χ1n) is 9.80. The van der Waals surface area contributed by atoms with Crippen LogP contribution in [0.3, 0.4) is 0 Å². The Morgan fingerprint density at radius 3 is 2.48 bits per heavy atom. The van der Waals surface area contributed by atoms with Crippen LogP contribution in [-0.2, 0) is 11.3 Å². The fourth-order valence-electron chi connectivity index (χ4n) is 3.71. The number of hydrogen-bond donors (Lipinski definition) is 1. The molecule has 0 aromatic heterocycles.